The molecular formula is C10H9Cl2NO3. The van der Waals surface area contributed by atoms with Gasteiger partial charge in [0.2, 0.25) is 0 Å². The number of hydrogen-bond donors (Lipinski definition) is 1. The molecule has 1 aromatic carbocycles. The van der Waals surface area contributed by atoms with Crippen LogP contribution in [0.25, 0.3) is 0 Å². The lowest BCUT2D eigenvalue weighted by Gasteiger charge is -2.05. The SMILES string of the molecule is COC(=O)CNC(=O)c1ccc(Cl)cc1Cl. The van der Waals surface area contributed by atoms with Crippen molar-refractivity contribution in [2.24, 2.45) is 0 Å². The molecule has 1 aromatic rings. The number of esters is 1. The minimum Gasteiger partial charge on any atom is -0.468 e. The zero-order chi connectivity index (χ0) is 12.1. The number of amides is 1. The molecule has 0 aliphatic rings. The summed E-state index contributed by atoms with van der Waals surface area (Å²) in [5.74, 6) is -0.981. The van der Waals surface area contributed by atoms with E-state index in [0.29, 0.717) is 5.02 Å². The zero-order valence-electron chi connectivity index (χ0n) is 8.42. The van der Waals surface area contributed by atoms with Crippen LogP contribution < -0.4 is 5.32 Å². The van der Waals surface area contributed by atoms with Crippen LogP contribution in [0.15, 0.2) is 18.2 Å². The molecule has 1 amide bonds. The summed E-state index contributed by atoms with van der Waals surface area (Å²) < 4.78 is 4.38. The highest BCUT2D eigenvalue weighted by atomic mass is 35.5. The molecule has 0 aliphatic carbocycles. The van der Waals surface area contributed by atoms with E-state index in [0.717, 1.165) is 0 Å². The van der Waals surface area contributed by atoms with Crippen molar-refractivity contribution in [2.45, 2.75) is 0 Å². The Morgan fingerprint density at radius 3 is 2.62 bits per heavy atom. The lowest BCUT2D eigenvalue weighted by Crippen LogP contribution is -2.30. The highest BCUT2D eigenvalue weighted by molar-refractivity contribution is 6.36. The van der Waals surface area contributed by atoms with E-state index in [2.05, 4.69) is 10.1 Å². The molecule has 0 aliphatic heterocycles. The van der Waals surface area contributed by atoms with Crippen LogP contribution in [0.2, 0.25) is 10.0 Å². The normalized spacial score (nSPS) is 9.69. The maximum atomic E-state index is 11.6. The predicted octanol–water partition coefficient (Wildman–Crippen LogP) is 1.90. The van der Waals surface area contributed by atoms with Gasteiger partial charge in [0.1, 0.15) is 6.54 Å². The van der Waals surface area contributed by atoms with E-state index in [1.54, 1.807) is 6.07 Å². The molecular weight excluding hydrogens is 253 g/mol. The summed E-state index contributed by atoms with van der Waals surface area (Å²) in [6.45, 7) is -0.200. The Balaban J connectivity index is 2.70. The third-order valence-electron chi connectivity index (χ3n) is 1.80. The lowest BCUT2D eigenvalue weighted by molar-refractivity contribution is -0.139. The monoisotopic (exact) mass is 261 g/mol. The van der Waals surface area contributed by atoms with Gasteiger partial charge in [-0.1, -0.05) is 23.2 Å². The average molecular weight is 262 g/mol. The summed E-state index contributed by atoms with van der Waals surface area (Å²) in [5.41, 5.74) is 0.259. The summed E-state index contributed by atoms with van der Waals surface area (Å²) in [6, 6.07) is 4.48. The second-order valence-corrected chi connectivity index (χ2v) is 3.73. The number of benzene rings is 1. The molecule has 0 bridgehead atoms. The van der Waals surface area contributed by atoms with Gasteiger partial charge in [0, 0.05) is 5.02 Å². The van der Waals surface area contributed by atoms with E-state index >= 15 is 0 Å². The predicted molar refractivity (Wildman–Crippen MR) is 60.8 cm³/mol. The van der Waals surface area contributed by atoms with E-state index < -0.39 is 11.9 Å². The molecule has 0 radical (unpaired) electrons. The van der Waals surface area contributed by atoms with E-state index in [9.17, 15) is 9.59 Å². The van der Waals surface area contributed by atoms with Gasteiger partial charge < -0.3 is 10.1 Å². The van der Waals surface area contributed by atoms with Crippen LogP contribution in [0.1, 0.15) is 10.4 Å². The topological polar surface area (TPSA) is 55.4 Å². The molecule has 86 valence electrons. The average Bonchev–Trinajstić information content (AvgIpc) is 2.25. The van der Waals surface area contributed by atoms with E-state index in [1.165, 1.54) is 19.2 Å². The van der Waals surface area contributed by atoms with Gasteiger partial charge in [-0.3, -0.25) is 9.59 Å². The van der Waals surface area contributed by atoms with Gasteiger partial charge in [0.05, 0.1) is 17.7 Å². The zero-order valence-corrected chi connectivity index (χ0v) is 9.93. The maximum Gasteiger partial charge on any atom is 0.325 e. The standard InChI is InChI=1S/C10H9Cl2NO3/c1-16-9(14)5-13-10(15)7-3-2-6(11)4-8(7)12/h2-4H,5H2,1H3,(H,13,15). The van der Waals surface area contributed by atoms with Crippen molar-refractivity contribution in [3.8, 4) is 0 Å². The number of halogens is 2. The quantitative estimate of drug-likeness (QED) is 0.846. The molecule has 0 fully saturated rings. The Bertz CT molecular complexity index is 421. The summed E-state index contributed by atoms with van der Waals surface area (Å²) in [7, 11) is 1.24. The highest BCUT2D eigenvalue weighted by Crippen LogP contribution is 2.20. The van der Waals surface area contributed by atoms with Gasteiger partial charge >= 0.3 is 5.97 Å². The van der Waals surface area contributed by atoms with Crippen molar-refractivity contribution < 1.29 is 14.3 Å². The maximum absolute atomic E-state index is 11.6. The van der Waals surface area contributed by atoms with Crippen molar-refractivity contribution in [1.29, 1.82) is 0 Å². The third-order valence-corrected chi connectivity index (χ3v) is 2.34. The molecule has 0 atom stereocenters. The summed E-state index contributed by atoms with van der Waals surface area (Å²) in [5, 5.41) is 3.04. The molecule has 0 heterocycles. The van der Waals surface area contributed by atoms with E-state index in [4.69, 9.17) is 23.2 Å². The molecule has 0 unspecified atom stereocenters. The molecule has 1 rings (SSSR count). The fourth-order valence-corrected chi connectivity index (χ4v) is 1.49. The van der Waals surface area contributed by atoms with Crippen molar-refractivity contribution in [3.63, 3.8) is 0 Å². The van der Waals surface area contributed by atoms with Gasteiger partial charge in [-0.15, -0.1) is 0 Å². The van der Waals surface area contributed by atoms with Gasteiger partial charge in [-0.2, -0.15) is 0 Å². The third kappa shape index (κ3) is 3.40. The first-order valence-corrected chi connectivity index (χ1v) is 5.10. The number of nitrogens with one attached hydrogen (secondary N) is 1. The van der Waals surface area contributed by atoms with E-state index in [1.807, 2.05) is 0 Å². The minimum atomic E-state index is -0.529. The molecule has 0 saturated heterocycles. The molecule has 0 saturated carbocycles. The lowest BCUT2D eigenvalue weighted by atomic mass is 10.2. The number of carbonyl (C=O) groups excluding carboxylic acids is 2. The Labute approximate surface area is 102 Å². The Hall–Kier alpha value is -1.26. The summed E-state index contributed by atoms with van der Waals surface area (Å²) in [4.78, 5) is 22.3. The fourth-order valence-electron chi connectivity index (χ4n) is 0.993. The number of carbonyl (C=O) groups is 2. The molecule has 0 spiro atoms. The summed E-state index contributed by atoms with van der Waals surface area (Å²) in [6.07, 6.45) is 0. The van der Waals surface area contributed by atoms with Gasteiger partial charge in [0.25, 0.3) is 5.91 Å². The van der Waals surface area contributed by atoms with Crippen molar-refractivity contribution in [2.75, 3.05) is 13.7 Å². The van der Waals surface area contributed by atoms with Crippen LogP contribution in [-0.2, 0) is 9.53 Å². The fraction of sp³-hybridized carbons (Fsp3) is 0.200. The molecule has 1 N–H and O–H groups in total. The van der Waals surface area contributed by atoms with Gasteiger partial charge in [-0.25, -0.2) is 0 Å². The van der Waals surface area contributed by atoms with Crippen LogP contribution in [0.5, 0.6) is 0 Å². The molecule has 0 aromatic heterocycles. The first-order chi connectivity index (χ1) is 7.54. The second-order valence-electron chi connectivity index (χ2n) is 2.88. The van der Waals surface area contributed by atoms with Crippen molar-refractivity contribution in [1.82, 2.24) is 5.32 Å². The largest absolute Gasteiger partial charge is 0.468 e. The summed E-state index contributed by atoms with van der Waals surface area (Å²) >= 11 is 11.5. The Kier molecular flexibility index (Phi) is 4.58. The molecule has 6 heteroatoms. The minimum absolute atomic E-state index is 0.200. The Morgan fingerprint density at radius 1 is 1.38 bits per heavy atom. The van der Waals surface area contributed by atoms with E-state index in [-0.39, 0.29) is 17.1 Å². The van der Waals surface area contributed by atoms with Crippen LogP contribution in [0.3, 0.4) is 0 Å². The van der Waals surface area contributed by atoms with Gasteiger partial charge in [-0.05, 0) is 18.2 Å². The van der Waals surface area contributed by atoms with Crippen LogP contribution in [0.4, 0.5) is 0 Å². The number of methoxy groups -OCH3 is 1. The smallest absolute Gasteiger partial charge is 0.325 e. The Morgan fingerprint density at radius 2 is 2.06 bits per heavy atom. The number of rotatable bonds is 3. The number of hydrogen-bond acceptors (Lipinski definition) is 3. The molecule has 4 nitrogen and oxygen atoms in total. The van der Waals surface area contributed by atoms with Gasteiger partial charge in [0.15, 0.2) is 0 Å². The number of ether oxygens (including phenoxy) is 1. The van der Waals surface area contributed by atoms with Crippen molar-refractivity contribution in [3.05, 3.63) is 33.8 Å². The molecule has 16 heavy (non-hydrogen) atoms. The van der Waals surface area contributed by atoms with Crippen LogP contribution in [-0.4, -0.2) is 25.5 Å². The van der Waals surface area contributed by atoms with Crippen LogP contribution in [0, 0.1) is 0 Å². The first-order valence-electron chi connectivity index (χ1n) is 4.34. The van der Waals surface area contributed by atoms with Crippen LogP contribution >= 0.6 is 23.2 Å². The van der Waals surface area contributed by atoms with Crippen molar-refractivity contribution >= 4 is 35.1 Å². The first kappa shape index (κ1) is 12.8. The second kappa shape index (κ2) is 5.72. The highest BCUT2D eigenvalue weighted by Gasteiger charge is 2.11.